The Morgan fingerprint density at radius 2 is 1.52 bits per heavy atom. The molecule has 4 N–H and O–H groups in total. The smallest absolute Gasteiger partial charge is 0.336 e. The maximum absolute atomic E-state index is 11.2. The summed E-state index contributed by atoms with van der Waals surface area (Å²) in [5.41, 5.74) is 7.65. The standard InChI is InChI=1S/C16H13NO4/c1-9(11-4-2-3-5-13(11)16(20)21)12-7-6-10(15(18)19)8-14(12)17/h2-8H,1,17H2,(H,18,19)(H,20,21). The molecule has 0 aliphatic rings. The Hall–Kier alpha value is -3.08. The molecule has 21 heavy (non-hydrogen) atoms. The summed E-state index contributed by atoms with van der Waals surface area (Å²) in [7, 11) is 0. The maximum Gasteiger partial charge on any atom is 0.336 e. The fourth-order valence-electron chi connectivity index (χ4n) is 2.05. The fourth-order valence-corrected chi connectivity index (χ4v) is 2.05. The number of nitrogen functional groups attached to an aromatic ring is 1. The predicted octanol–water partition coefficient (Wildman–Crippen LogP) is 2.73. The molecule has 0 bridgehead atoms. The summed E-state index contributed by atoms with van der Waals surface area (Å²) in [4.78, 5) is 22.1. The molecule has 106 valence electrons. The van der Waals surface area contributed by atoms with Gasteiger partial charge in [-0.1, -0.05) is 30.8 Å². The van der Waals surface area contributed by atoms with Crippen molar-refractivity contribution in [1.82, 2.24) is 0 Å². The average Bonchev–Trinajstić information content (AvgIpc) is 2.46. The normalized spacial score (nSPS) is 10.1. The van der Waals surface area contributed by atoms with Gasteiger partial charge in [0.15, 0.2) is 0 Å². The van der Waals surface area contributed by atoms with Gasteiger partial charge in [-0.3, -0.25) is 0 Å². The minimum atomic E-state index is -1.08. The van der Waals surface area contributed by atoms with Gasteiger partial charge in [0, 0.05) is 11.3 Å². The molecule has 2 rings (SSSR count). The summed E-state index contributed by atoms with van der Waals surface area (Å²) in [6, 6.07) is 10.7. The van der Waals surface area contributed by atoms with Crippen molar-refractivity contribution in [3.05, 3.63) is 71.3 Å². The molecular formula is C16H13NO4. The number of hydrogen-bond donors (Lipinski definition) is 3. The lowest BCUT2D eigenvalue weighted by atomic mass is 9.93. The highest BCUT2D eigenvalue weighted by Gasteiger charge is 2.15. The van der Waals surface area contributed by atoms with Crippen LogP contribution in [-0.2, 0) is 0 Å². The Labute approximate surface area is 121 Å². The van der Waals surface area contributed by atoms with Crippen LogP contribution in [0.2, 0.25) is 0 Å². The van der Waals surface area contributed by atoms with Crippen molar-refractivity contribution in [2.75, 3.05) is 5.73 Å². The average molecular weight is 283 g/mol. The van der Waals surface area contributed by atoms with Crippen molar-refractivity contribution in [3.63, 3.8) is 0 Å². The Kier molecular flexibility index (Phi) is 3.75. The van der Waals surface area contributed by atoms with Crippen LogP contribution in [0.25, 0.3) is 5.57 Å². The van der Waals surface area contributed by atoms with Gasteiger partial charge in [-0.25, -0.2) is 9.59 Å². The van der Waals surface area contributed by atoms with Crippen LogP contribution in [0.15, 0.2) is 49.0 Å². The Morgan fingerprint density at radius 3 is 2.05 bits per heavy atom. The van der Waals surface area contributed by atoms with Crippen LogP contribution in [0.3, 0.4) is 0 Å². The second kappa shape index (κ2) is 5.50. The van der Waals surface area contributed by atoms with Crippen molar-refractivity contribution in [3.8, 4) is 0 Å². The second-order valence-electron chi connectivity index (χ2n) is 4.44. The zero-order chi connectivity index (χ0) is 15.6. The number of nitrogens with two attached hydrogens (primary N) is 1. The highest BCUT2D eigenvalue weighted by Crippen LogP contribution is 2.29. The molecule has 0 heterocycles. The minimum absolute atomic E-state index is 0.0653. The molecule has 0 fully saturated rings. The van der Waals surface area contributed by atoms with Gasteiger partial charge < -0.3 is 15.9 Å². The van der Waals surface area contributed by atoms with Crippen LogP contribution < -0.4 is 5.73 Å². The van der Waals surface area contributed by atoms with E-state index in [9.17, 15) is 14.7 Å². The van der Waals surface area contributed by atoms with E-state index >= 15 is 0 Å². The third kappa shape index (κ3) is 2.76. The molecule has 5 nitrogen and oxygen atoms in total. The quantitative estimate of drug-likeness (QED) is 0.749. The van der Waals surface area contributed by atoms with Crippen molar-refractivity contribution in [2.24, 2.45) is 0 Å². The molecule has 0 aliphatic heterocycles. The van der Waals surface area contributed by atoms with Crippen LogP contribution in [0.1, 0.15) is 31.8 Å². The van der Waals surface area contributed by atoms with E-state index in [-0.39, 0.29) is 16.8 Å². The van der Waals surface area contributed by atoms with E-state index in [4.69, 9.17) is 10.8 Å². The number of benzene rings is 2. The van der Waals surface area contributed by atoms with E-state index in [1.54, 1.807) is 18.2 Å². The maximum atomic E-state index is 11.2. The topological polar surface area (TPSA) is 101 Å². The first kappa shape index (κ1) is 14.3. The number of carboxylic acids is 2. The van der Waals surface area contributed by atoms with Crippen molar-refractivity contribution in [2.45, 2.75) is 0 Å². The Balaban J connectivity index is 2.51. The third-order valence-electron chi connectivity index (χ3n) is 3.11. The minimum Gasteiger partial charge on any atom is -0.478 e. The lowest BCUT2D eigenvalue weighted by Crippen LogP contribution is -2.04. The first-order valence-corrected chi connectivity index (χ1v) is 6.06. The molecule has 2 aromatic rings. The van der Waals surface area contributed by atoms with Gasteiger partial charge in [0.05, 0.1) is 11.1 Å². The lowest BCUT2D eigenvalue weighted by Gasteiger charge is -2.12. The molecule has 0 aliphatic carbocycles. The number of carboxylic acid groups (broad SMARTS) is 2. The van der Waals surface area contributed by atoms with Crippen LogP contribution in [0.4, 0.5) is 5.69 Å². The number of anilines is 1. The van der Waals surface area contributed by atoms with Crippen LogP contribution in [0.5, 0.6) is 0 Å². The number of aromatic carboxylic acids is 2. The number of hydrogen-bond acceptors (Lipinski definition) is 3. The zero-order valence-electron chi connectivity index (χ0n) is 11.0. The van der Waals surface area contributed by atoms with Gasteiger partial charge in [0.1, 0.15) is 0 Å². The molecule has 2 aromatic carbocycles. The highest BCUT2D eigenvalue weighted by molar-refractivity contribution is 5.98. The summed E-state index contributed by atoms with van der Waals surface area (Å²) >= 11 is 0. The number of carbonyl (C=O) groups is 2. The first-order valence-electron chi connectivity index (χ1n) is 6.06. The molecule has 0 atom stereocenters. The highest BCUT2D eigenvalue weighted by atomic mass is 16.4. The van der Waals surface area contributed by atoms with Crippen LogP contribution in [0, 0.1) is 0 Å². The van der Waals surface area contributed by atoms with E-state index < -0.39 is 11.9 Å². The zero-order valence-corrected chi connectivity index (χ0v) is 11.0. The molecular weight excluding hydrogens is 270 g/mol. The van der Waals surface area contributed by atoms with Crippen LogP contribution >= 0.6 is 0 Å². The predicted molar refractivity (Wildman–Crippen MR) is 79.4 cm³/mol. The van der Waals surface area contributed by atoms with Crippen molar-refractivity contribution >= 4 is 23.2 Å². The van der Waals surface area contributed by atoms with E-state index in [1.165, 1.54) is 24.3 Å². The summed E-state index contributed by atoms with van der Waals surface area (Å²) in [6.45, 7) is 3.88. The Morgan fingerprint density at radius 1 is 0.905 bits per heavy atom. The van der Waals surface area contributed by atoms with E-state index in [0.29, 0.717) is 16.7 Å². The molecule has 0 aromatic heterocycles. The third-order valence-corrected chi connectivity index (χ3v) is 3.11. The molecule has 0 radical (unpaired) electrons. The monoisotopic (exact) mass is 283 g/mol. The van der Waals surface area contributed by atoms with Crippen molar-refractivity contribution in [1.29, 1.82) is 0 Å². The first-order chi connectivity index (χ1) is 9.91. The Bertz CT molecular complexity index is 750. The lowest BCUT2D eigenvalue weighted by molar-refractivity contribution is 0.0686. The van der Waals surface area contributed by atoms with E-state index in [2.05, 4.69) is 6.58 Å². The van der Waals surface area contributed by atoms with E-state index in [1.807, 2.05) is 0 Å². The summed E-state index contributed by atoms with van der Waals surface area (Å²) in [5, 5.41) is 18.1. The summed E-state index contributed by atoms with van der Waals surface area (Å²) in [5.74, 6) is -2.14. The number of rotatable bonds is 4. The molecule has 0 saturated heterocycles. The summed E-state index contributed by atoms with van der Waals surface area (Å²) in [6.07, 6.45) is 0. The molecule has 0 unspecified atom stereocenters. The van der Waals surface area contributed by atoms with Gasteiger partial charge in [-0.2, -0.15) is 0 Å². The molecule has 0 amide bonds. The van der Waals surface area contributed by atoms with Gasteiger partial charge >= 0.3 is 11.9 Å². The van der Waals surface area contributed by atoms with Gasteiger partial charge in [0.2, 0.25) is 0 Å². The van der Waals surface area contributed by atoms with Crippen LogP contribution in [-0.4, -0.2) is 22.2 Å². The largest absolute Gasteiger partial charge is 0.478 e. The SMILES string of the molecule is C=C(c1ccc(C(=O)O)cc1N)c1ccccc1C(=O)O. The van der Waals surface area contributed by atoms with Gasteiger partial charge in [-0.15, -0.1) is 0 Å². The fraction of sp³-hybridized carbons (Fsp3) is 0. The van der Waals surface area contributed by atoms with Gasteiger partial charge in [0.25, 0.3) is 0 Å². The van der Waals surface area contributed by atoms with Crippen molar-refractivity contribution < 1.29 is 19.8 Å². The summed E-state index contributed by atoms with van der Waals surface area (Å²) < 4.78 is 0. The molecule has 0 spiro atoms. The molecule has 5 heteroatoms. The van der Waals surface area contributed by atoms with Gasteiger partial charge in [-0.05, 0) is 29.3 Å². The molecule has 0 saturated carbocycles. The van der Waals surface area contributed by atoms with E-state index in [0.717, 1.165) is 0 Å². The second-order valence-corrected chi connectivity index (χ2v) is 4.44.